The second-order valence-corrected chi connectivity index (χ2v) is 5.84. The lowest BCUT2D eigenvalue weighted by atomic mass is 10.00. The molecule has 2 rings (SSSR count). The fraction of sp³-hybridized carbons (Fsp3) is 0.562. The zero-order valence-electron chi connectivity index (χ0n) is 12.5. The molecule has 1 aliphatic heterocycles. The van der Waals surface area contributed by atoms with Crippen LogP contribution in [0.5, 0.6) is 0 Å². The summed E-state index contributed by atoms with van der Waals surface area (Å²) in [5, 5.41) is 3.55. The lowest BCUT2D eigenvalue weighted by molar-refractivity contribution is -0.116. The van der Waals surface area contributed by atoms with Gasteiger partial charge in [-0.25, -0.2) is 0 Å². The number of likely N-dealkylation sites (tertiary alicyclic amines) is 1. The van der Waals surface area contributed by atoms with E-state index in [0.717, 1.165) is 18.8 Å². The summed E-state index contributed by atoms with van der Waals surface area (Å²) in [6.07, 6.45) is 5.57. The van der Waals surface area contributed by atoms with Crippen molar-refractivity contribution in [2.45, 2.75) is 45.1 Å². The monoisotopic (exact) mass is 330 g/mol. The molecule has 1 saturated heterocycles. The number of anilines is 1. The lowest BCUT2D eigenvalue weighted by Crippen LogP contribution is -2.40. The van der Waals surface area contributed by atoms with Gasteiger partial charge in [0.2, 0.25) is 5.91 Å². The molecule has 1 heterocycles. The van der Waals surface area contributed by atoms with Gasteiger partial charge in [-0.15, -0.1) is 12.4 Å². The Morgan fingerprint density at radius 1 is 1.43 bits per heavy atom. The molecule has 0 spiro atoms. The van der Waals surface area contributed by atoms with Crippen molar-refractivity contribution >= 4 is 35.6 Å². The van der Waals surface area contributed by atoms with Gasteiger partial charge in [0.1, 0.15) is 0 Å². The highest BCUT2D eigenvalue weighted by Gasteiger charge is 2.20. The van der Waals surface area contributed by atoms with Gasteiger partial charge >= 0.3 is 0 Å². The Bertz CT molecular complexity index is 454. The Balaban J connectivity index is 0.00000220. The molecule has 1 aromatic carbocycles. The fourth-order valence-corrected chi connectivity index (χ4v) is 3.04. The van der Waals surface area contributed by atoms with Crippen molar-refractivity contribution in [3.63, 3.8) is 0 Å². The number of nitrogens with one attached hydrogen (secondary N) is 1. The number of halogens is 2. The third-order valence-corrected chi connectivity index (χ3v) is 4.19. The first-order chi connectivity index (χ1) is 9.69. The first kappa shape index (κ1) is 18.3. The van der Waals surface area contributed by atoms with E-state index in [9.17, 15) is 4.79 Å². The molecule has 118 valence electrons. The molecule has 1 unspecified atom stereocenters. The van der Waals surface area contributed by atoms with E-state index < -0.39 is 0 Å². The highest BCUT2D eigenvalue weighted by Crippen LogP contribution is 2.20. The predicted molar refractivity (Wildman–Crippen MR) is 91.4 cm³/mol. The van der Waals surface area contributed by atoms with Gasteiger partial charge in [0.25, 0.3) is 0 Å². The number of hydrogen-bond acceptors (Lipinski definition) is 2. The Labute approximate surface area is 138 Å². The van der Waals surface area contributed by atoms with Crippen molar-refractivity contribution in [3.8, 4) is 0 Å². The summed E-state index contributed by atoms with van der Waals surface area (Å²) in [5.74, 6) is 0.0627. The maximum absolute atomic E-state index is 12.0. The third-order valence-electron chi connectivity index (χ3n) is 3.95. The molecule has 1 aromatic rings. The Morgan fingerprint density at radius 3 is 2.95 bits per heavy atom. The number of carbonyl (C=O) groups excluding carboxylic acids is 1. The van der Waals surface area contributed by atoms with E-state index in [4.69, 9.17) is 11.6 Å². The quantitative estimate of drug-likeness (QED) is 0.870. The van der Waals surface area contributed by atoms with Crippen molar-refractivity contribution in [2.24, 2.45) is 0 Å². The average molecular weight is 331 g/mol. The van der Waals surface area contributed by atoms with E-state index in [1.54, 1.807) is 12.1 Å². The second-order valence-electron chi connectivity index (χ2n) is 5.40. The average Bonchev–Trinajstić information content (AvgIpc) is 2.45. The zero-order chi connectivity index (χ0) is 14.4. The molecule has 0 aromatic heterocycles. The van der Waals surface area contributed by atoms with Gasteiger partial charge in [0.05, 0.1) is 0 Å². The second kappa shape index (κ2) is 9.29. The highest BCUT2D eigenvalue weighted by atomic mass is 35.5. The van der Waals surface area contributed by atoms with Crippen LogP contribution in [0.1, 0.15) is 39.0 Å². The van der Waals surface area contributed by atoms with Gasteiger partial charge in [-0.3, -0.25) is 9.69 Å². The summed E-state index contributed by atoms with van der Waals surface area (Å²) >= 11 is 5.91. The maximum Gasteiger partial charge on any atom is 0.225 e. The molecule has 1 amide bonds. The molecule has 0 bridgehead atoms. The van der Waals surface area contributed by atoms with Crippen molar-refractivity contribution in [1.29, 1.82) is 0 Å². The molecule has 1 aliphatic rings. The van der Waals surface area contributed by atoms with Crippen LogP contribution < -0.4 is 5.32 Å². The molecule has 1 atom stereocenters. The first-order valence-corrected chi connectivity index (χ1v) is 7.86. The molecule has 21 heavy (non-hydrogen) atoms. The number of rotatable bonds is 5. The zero-order valence-corrected chi connectivity index (χ0v) is 14.1. The number of amides is 1. The molecular weight excluding hydrogens is 307 g/mol. The Hall–Kier alpha value is -0.770. The van der Waals surface area contributed by atoms with Crippen LogP contribution in [0.3, 0.4) is 0 Å². The summed E-state index contributed by atoms with van der Waals surface area (Å²) < 4.78 is 0. The van der Waals surface area contributed by atoms with Crippen LogP contribution in [-0.4, -0.2) is 29.9 Å². The Morgan fingerprint density at radius 2 is 2.24 bits per heavy atom. The molecule has 5 heteroatoms. The first-order valence-electron chi connectivity index (χ1n) is 7.48. The van der Waals surface area contributed by atoms with E-state index in [2.05, 4.69) is 17.1 Å². The SMILES string of the molecule is CCC1CCCCN1CCC(=O)Nc1cccc(Cl)c1.Cl. The third kappa shape index (κ3) is 5.85. The van der Waals surface area contributed by atoms with E-state index in [-0.39, 0.29) is 18.3 Å². The molecule has 1 N–H and O–H groups in total. The number of carbonyl (C=O) groups is 1. The predicted octanol–water partition coefficient (Wildman–Crippen LogP) is 4.35. The molecular formula is C16H24Cl2N2O. The maximum atomic E-state index is 12.0. The van der Waals surface area contributed by atoms with Crippen LogP contribution in [0.25, 0.3) is 0 Å². The number of hydrogen-bond donors (Lipinski definition) is 1. The largest absolute Gasteiger partial charge is 0.326 e. The molecule has 0 radical (unpaired) electrons. The summed E-state index contributed by atoms with van der Waals surface area (Å²) in [4.78, 5) is 14.4. The number of nitrogens with zero attached hydrogens (tertiary/aromatic N) is 1. The van der Waals surface area contributed by atoms with Crippen LogP contribution in [0.15, 0.2) is 24.3 Å². The topological polar surface area (TPSA) is 32.3 Å². The summed E-state index contributed by atoms with van der Waals surface area (Å²) in [6.45, 7) is 4.21. The van der Waals surface area contributed by atoms with Gasteiger partial charge in [-0.2, -0.15) is 0 Å². The van der Waals surface area contributed by atoms with Gasteiger partial charge in [-0.05, 0) is 44.0 Å². The van der Waals surface area contributed by atoms with Crippen molar-refractivity contribution in [1.82, 2.24) is 4.90 Å². The van der Waals surface area contributed by atoms with Gasteiger partial charge in [-0.1, -0.05) is 31.0 Å². The van der Waals surface area contributed by atoms with E-state index in [1.807, 2.05) is 12.1 Å². The lowest BCUT2D eigenvalue weighted by Gasteiger charge is -2.35. The van der Waals surface area contributed by atoms with Crippen molar-refractivity contribution < 1.29 is 4.79 Å². The summed E-state index contributed by atoms with van der Waals surface area (Å²) in [5.41, 5.74) is 0.771. The minimum absolute atomic E-state index is 0. The van der Waals surface area contributed by atoms with E-state index in [1.165, 1.54) is 25.7 Å². The van der Waals surface area contributed by atoms with Gasteiger partial charge < -0.3 is 5.32 Å². The number of piperidine rings is 1. The van der Waals surface area contributed by atoms with Gasteiger partial charge in [0, 0.05) is 29.7 Å². The molecule has 0 aliphatic carbocycles. The van der Waals surface area contributed by atoms with E-state index >= 15 is 0 Å². The fourth-order valence-electron chi connectivity index (χ4n) is 2.85. The summed E-state index contributed by atoms with van der Waals surface area (Å²) in [7, 11) is 0. The van der Waals surface area contributed by atoms with Crippen LogP contribution >= 0.6 is 24.0 Å². The van der Waals surface area contributed by atoms with Gasteiger partial charge in [0.15, 0.2) is 0 Å². The molecule has 3 nitrogen and oxygen atoms in total. The minimum Gasteiger partial charge on any atom is -0.326 e. The van der Waals surface area contributed by atoms with E-state index in [0.29, 0.717) is 17.5 Å². The normalized spacial score (nSPS) is 18.9. The number of benzene rings is 1. The van der Waals surface area contributed by atoms with Crippen LogP contribution in [0, 0.1) is 0 Å². The highest BCUT2D eigenvalue weighted by molar-refractivity contribution is 6.30. The Kier molecular flexibility index (Phi) is 8.09. The standard InChI is InChI=1S/C16H23ClN2O.ClH/c1-2-15-8-3-4-10-19(15)11-9-16(20)18-14-7-5-6-13(17)12-14;/h5-7,12,15H,2-4,8-11H2,1H3,(H,18,20);1H. The van der Waals surface area contributed by atoms with Crippen LogP contribution in [0.4, 0.5) is 5.69 Å². The smallest absolute Gasteiger partial charge is 0.225 e. The summed E-state index contributed by atoms with van der Waals surface area (Å²) in [6, 6.07) is 7.93. The van der Waals surface area contributed by atoms with Crippen molar-refractivity contribution in [3.05, 3.63) is 29.3 Å². The minimum atomic E-state index is 0. The molecule has 1 fully saturated rings. The van der Waals surface area contributed by atoms with Crippen LogP contribution in [-0.2, 0) is 4.79 Å². The van der Waals surface area contributed by atoms with Crippen LogP contribution in [0.2, 0.25) is 5.02 Å². The molecule has 0 saturated carbocycles. The van der Waals surface area contributed by atoms with Crippen molar-refractivity contribution in [2.75, 3.05) is 18.4 Å².